The van der Waals surface area contributed by atoms with Crippen molar-refractivity contribution in [2.24, 2.45) is 0 Å². The molecule has 1 aliphatic rings. The minimum atomic E-state index is -0.305. The van der Waals surface area contributed by atoms with Gasteiger partial charge in [0.05, 0.1) is 18.5 Å². The molecule has 0 bridgehead atoms. The molecule has 2 unspecified atom stereocenters. The number of amides is 2. The van der Waals surface area contributed by atoms with Crippen molar-refractivity contribution in [3.63, 3.8) is 0 Å². The molecular formula is C21H21ClN2O2. The van der Waals surface area contributed by atoms with Crippen molar-refractivity contribution in [3.05, 3.63) is 76.4 Å². The van der Waals surface area contributed by atoms with Gasteiger partial charge in [-0.2, -0.15) is 0 Å². The van der Waals surface area contributed by atoms with Crippen molar-refractivity contribution in [1.29, 1.82) is 0 Å². The lowest BCUT2D eigenvalue weighted by Crippen LogP contribution is -2.36. The van der Waals surface area contributed by atoms with Crippen LogP contribution in [0.1, 0.15) is 49.0 Å². The van der Waals surface area contributed by atoms with Crippen molar-refractivity contribution >= 4 is 29.5 Å². The Labute approximate surface area is 158 Å². The first-order chi connectivity index (χ1) is 12.5. The summed E-state index contributed by atoms with van der Waals surface area (Å²) in [6, 6.07) is 14.8. The molecule has 2 aromatic carbocycles. The third kappa shape index (κ3) is 3.97. The fourth-order valence-electron chi connectivity index (χ4n) is 3.25. The van der Waals surface area contributed by atoms with Crippen LogP contribution in [-0.4, -0.2) is 16.7 Å². The molecular weight excluding hydrogens is 348 g/mol. The number of fused-ring (bicyclic) bond motifs is 1. The Bertz CT molecular complexity index is 863. The standard InChI is InChI=1S/C21H21ClN2O2/c1-14(17-7-5-8-18(22)12-17)23-21(26)13-20-19-9-4-3-6-16(19)10-11-24(20)15(2)25/h3-12,14,20H,13H2,1-2H3,(H,23,26). The summed E-state index contributed by atoms with van der Waals surface area (Å²) in [6.07, 6.45) is 3.86. The molecule has 26 heavy (non-hydrogen) atoms. The van der Waals surface area contributed by atoms with Crippen LogP contribution in [0.4, 0.5) is 0 Å². The number of rotatable bonds is 4. The van der Waals surface area contributed by atoms with E-state index in [-0.39, 0.29) is 30.3 Å². The third-order valence-electron chi connectivity index (χ3n) is 4.57. The Morgan fingerprint density at radius 1 is 1.19 bits per heavy atom. The van der Waals surface area contributed by atoms with E-state index in [2.05, 4.69) is 5.32 Å². The van der Waals surface area contributed by atoms with Crippen LogP contribution < -0.4 is 5.32 Å². The van der Waals surface area contributed by atoms with Crippen molar-refractivity contribution in [1.82, 2.24) is 10.2 Å². The quantitative estimate of drug-likeness (QED) is 0.864. The number of hydrogen-bond donors (Lipinski definition) is 1. The van der Waals surface area contributed by atoms with Crippen LogP contribution in [0.2, 0.25) is 5.02 Å². The summed E-state index contributed by atoms with van der Waals surface area (Å²) < 4.78 is 0. The summed E-state index contributed by atoms with van der Waals surface area (Å²) >= 11 is 6.03. The van der Waals surface area contributed by atoms with Gasteiger partial charge in [-0.05, 0) is 41.8 Å². The van der Waals surface area contributed by atoms with Gasteiger partial charge >= 0.3 is 0 Å². The predicted octanol–water partition coefficient (Wildman–Crippen LogP) is 4.48. The smallest absolute Gasteiger partial charge is 0.223 e. The first-order valence-corrected chi connectivity index (χ1v) is 8.94. The van der Waals surface area contributed by atoms with E-state index in [0.717, 1.165) is 16.7 Å². The summed E-state index contributed by atoms with van der Waals surface area (Å²) in [5.74, 6) is -0.199. The number of halogens is 1. The largest absolute Gasteiger partial charge is 0.350 e. The molecule has 0 aromatic heterocycles. The van der Waals surface area contributed by atoms with E-state index < -0.39 is 0 Å². The highest BCUT2D eigenvalue weighted by Crippen LogP contribution is 2.33. The molecule has 0 saturated carbocycles. The number of hydrogen-bond acceptors (Lipinski definition) is 2. The Balaban J connectivity index is 1.76. The molecule has 2 atom stereocenters. The van der Waals surface area contributed by atoms with Gasteiger partial charge in [0.2, 0.25) is 11.8 Å². The minimum Gasteiger partial charge on any atom is -0.350 e. The van der Waals surface area contributed by atoms with Gasteiger partial charge < -0.3 is 10.2 Å². The maximum Gasteiger partial charge on any atom is 0.223 e. The third-order valence-corrected chi connectivity index (χ3v) is 4.81. The van der Waals surface area contributed by atoms with Gasteiger partial charge in [0, 0.05) is 18.1 Å². The van der Waals surface area contributed by atoms with Crippen LogP contribution in [0.3, 0.4) is 0 Å². The second-order valence-electron chi connectivity index (χ2n) is 6.44. The number of carbonyl (C=O) groups excluding carboxylic acids is 2. The maximum atomic E-state index is 12.7. The van der Waals surface area contributed by atoms with Gasteiger partial charge in [0.1, 0.15) is 0 Å². The van der Waals surface area contributed by atoms with Gasteiger partial charge in [-0.15, -0.1) is 0 Å². The van der Waals surface area contributed by atoms with E-state index in [1.165, 1.54) is 6.92 Å². The molecule has 4 nitrogen and oxygen atoms in total. The molecule has 1 N–H and O–H groups in total. The molecule has 2 amide bonds. The van der Waals surface area contributed by atoms with Crippen molar-refractivity contribution in [2.45, 2.75) is 32.4 Å². The lowest BCUT2D eigenvalue weighted by Gasteiger charge is -2.32. The lowest BCUT2D eigenvalue weighted by atomic mass is 9.93. The van der Waals surface area contributed by atoms with Crippen molar-refractivity contribution < 1.29 is 9.59 Å². The monoisotopic (exact) mass is 368 g/mol. The van der Waals surface area contributed by atoms with Crippen LogP contribution >= 0.6 is 11.6 Å². The zero-order valence-electron chi connectivity index (χ0n) is 14.8. The van der Waals surface area contributed by atoms with Gasteiger partial charge in [-0.3, -0.25) is 9.59 Å². The predicted molar refractivity (Wildman–Crippen MR) is 103 cm³/mol. The summed E-state index contributed by atoms with van der Waals surface area (Å²) in [6.45, 7) is 3.43. The number of nitrogens with zero attached hydrogens (tertiary/aromatic N) is 1. The summed E-state index contributed by atoms with van der Waals surface area (Å²) in [5, 5.41) is 3.64. The number of nitrogens with one attached hydrogen (secondary N) is 1. The average Bonchev–Trinajstić information content (AvgIpc) is 2.61. The van der Waals surface area contributed by atoms with Crippen molar-refractivity contribution in [3.8, 4) is 0 Å². The van der Waals surface area contributed by atoms with Gasteiger partial charge in [-0.1, -0.05) is 48.0 Å². The van der Waals surface area contributed by atoms with E-state index in [1.54, 1.807) is 17.2 Å². The second-order valence-corrected chi connectivity index (χ2v) is 6.87. The highest BCUT2D eigenvalue weighted by molar-refractivity contribution is 6.30. The SMILES string of the molecule is CC(=O)N1C=Cc2ccccc2C1CC(=O)NC(C)c1cccc(Cl)c1. The van der Waals surface area contributed by atoms with Gasteiger partial charge in [0.25, 0.3) is 0 Å². The van der Waals surface area contributed by atoms with E-state index >= 15 is 0 Å². The molecule has 0 spiro atoms. The highest BCUT2D eigenvalue weighted by atomic mass is 35.5. The Hall–Kier alpha value is -2.59. The number of carbonyl (C=O) groups is 2. The van der Waals surface area contributed by atoms with E-state index in [9.17, 15) is 9.59 Å². The van der Waals surface area contributed by atoms with Gasteiger partial charge in [0.15, 0.2) is 0 Å². The summed E-state index contributed by atoms with van der Waals surface area (Å²) in [7, 11) is 0. The van der Waals surface area contributed by atoms with Crippen molar-refractivity contribution in [2.75, 3.05) is 0 Å². The highest BCUT2D eigenvalue weighted by Gasteiger charge is 2.28. The Morgan fingerprint density at radius 3 is 2.69 bits per heavy atom. The van der Waals surface area contributed by atoms with Gasteiger partial charge in [-0.25, -0.2) is 0 Å². The molecule has 134 valence electrons. The average molecular weight is 369 g/mol. The fraction of sp³-hybridized carbons (Fsp3) is 0.238. The van der Waals surface area contributed by atoms with E-state index in [0.29, 0.717) is 5.02 Å². The normalized spacial score (nSPS) is 16.7. The number of benzene rings is 2. The van der Waals surface area contributed by atoms with Crippen LogP contribution in [0, 0.1) is 0 Å². The molecule has 1 aliphatic heterocycles. The molecule has 1 heterocycles. The lowest BCUT2D eigenvalue weighted by molar-refractivity contribution is -0.130. The topological polar surface area (TPSA) is 49.4 Å². The first-order valence-electron chi connectivity index (χ1n) is 8.56. The van der Waals surface area contributed by atoms with E-state index in [1.807, 2.05) is 55.5 Å². The second kappa shape index (κ2) is 7.75. The van der Waals surface area contributed by atoms with Crippen LogP contribution in [-0.2, 0) is 9.59 Å². The molecule has 3 rings (SSSR count). The summed E-state index contributed by atoms with van der Waals surface area (Å²) in [5.41, 5.74) is 2.96. The molecule has 0 radical (unpaired) electrons. The van der Waals surface area contributed by atoms with Crippen LogP contribution in [0.15, 0.2) is 54.7 Å². The molecule has 0 fully saturated rings. The molecule has 0 aliphatic carbocycles. The molecule has 0 saturated heterocycles. The summed E-state index contributed by atoms with van der Waals surface area (Å²) in [4.78, 5) is 26.3. The minimum absolute atomic E-state index is 0.0866. The van der Waals surface area contributed by atoms with Crippen LogP contribution in [0.25, 0.3) is 6.08 Å². The Morgan fingerprint density at radius 2 is 1.96 bits per heavy atom. The first kappa shape index (κ1) is 18.2. The zero-order valence-corrected chi connectivity index (χ0v) is 15.5. The fourth-order valence-corrected chi connectivity index (χ4v) is 3.45. The molecule has 2 aromatic rings. The Kier molecular flexibility index (Phi) is 5.43. The van der Waals surface area contributed by atoms with E-state index in [4.69, 9.17) is 11.6 Å². The maximum absolute atomic E-state index is 12.7. The zero-order chi connectivity index (χ0) is 18.7. The van der Waals surface area contributed by atoms with Crippen LogP contribution in [0.5, 0.6) is 0 Å². The molecule has 5 heteroatoms.